The van der Waals surface area contributed by atoms with E-state index in [1.54, 1.807) is 11.4 Å². The van der Waals surface area contributed by atoms with Gasteiger partial charge in [-0.2, -0.15) is 10.4 Å². The van der Waals surface area contributed by atoms with Crippen LogP contribution in [0.3, 0.4) is 0 Å². The molecule has 4 heterocycles. The van der Waals surface area contributed by atoms with Crippen LogP contribution < -0.4 is 10.7 Å². The van der Waals surface area contributed by atoms with Crippen LogP contribution >= 0.6 is 11.6 Å². The fourth-order valence-electron chi connectivity index (χ4n) is 3.45. The number of hydrogen-bond acceptors (Lipinski definition) is 6. The largest absolute Gasteiger partial charge is 0.357 e. The number of hydrogen-bond donors (Lipinski definition) is 1. The summed E-state index contributed by atoms with van der Waals surface area (Å²) in [5.74, 6) is 7.05. The van der Waals surface area contributed by atoms with E-state index in [0.717, 1.165) is 37.3 Å². The molecule has 0 aliphatic carbocycles. The lowest BCUT2D eigenvalue weighted by Gasteiger charge is -2.28. The van der Waals surface area contributed by atoms with Crippen molar-refractivity contribution in [2.75, 3.05) is 24.5 Å². The molecule has 0 spiro atoms. The van der Waals surface area contributed by atoms with Crippen LogP contribution in [0.1, 0.15) is 24.1 Å². The summed E-state index contributed by atoms with van der Waals surface area (Å²) in [5.41, 5.74) is 2.10. The van der Waals surface area contributed by atoms with Crippen LogP contribution in [0, 0.1) is 11.3 Å². The monoisotopic (exact) mass is 343 g/mol. The van der Waals surface area contributed by atoms with Crippen LogP contribution in [0.25, 0.3) is 5.52 Å². The molecule has 0 atom stereocenters. The third kappa shape index (κ3) is 2.40. The van der Waals surface area contributed by atoms with E-state index >= 15 is 0 Å². The summed E-state index contributed by atoms with van der Waals surface area (Å²) in [7, 11) is 0. The molecule has 4 rings (SSSR count). The number of nitrogens with zero attached hydrogens (tertiary/aromatic N) is 6. The molecule has 2 aromatic rings. The molecule has 0 aromatic carbocycles. The Morgan fingerprint density at radius 1 is 1.33 bits per heavy atom. The predicted octanol–water partition coefficient (Wildman–Crippen LogP) is 1.88. The normalized spacial score (nSPS) is 18.0. The summed E-state index contributed by atoms with van der Waals surface area (Å²) < 4.78 is 1.95. The second-order valence-corrected chi connectivity index (χ2v) is 6.47. The lowest BCUT2D eigenvalue weighted by Crippen LogP contribution is -2.40. The molecule has 7 nitrogen and oxygen atoms in total. The molecule has 2 N–H and O–H groups in total. The van der Waals surface area contributed by atoms with Gasteiger partial charge in [-0.05, 0) is 25.0 Å². The third-order valence-electron chi connectivity index (χ3n) is 4.55. The fraction of sp³-hybridized carbons (Fsp3) is 0.375. The van der Waals surface area contributed by atoms with Crippen molar-refractivity contribution in [2.45, 2.75) is 19.4 Å². The molecule has 1 fully saturated rings. The molecule has 124 valence electrons. The number of anilines is 1. The SMILES string of the molecule is N#Cc1ncn2c(N3CCCC3)c(CN3C=CCN3N)cc(Cl)c12. The van der Waals surface area contributed by atoms with Gasteiger partial charge < -0.3 is 4.90 Å². The van der Waals surface area contributed by atoms with Crippen LogP contribution in [0.2, 0.25) is 5.02 Å². The Morgan fingerprint density at radius 3 is 2.79 bits per heavy atom. The third-order valence-corrected chi connectivity index (χ3v) is 4.84. The van der Waals surface area contributed by atoms with Gasteiger partial charge in [0.15, 0.2) is 5.69 Å². The van der Waals surface area contributed by atoms with Gasteiger partial charge in [0.1, 0.15) is 23.7 Å². The van der Waals surface area contributed by atoms with Crippen molar-refractivity contribution < 1.29 is 0 Å². The number of fused-ring (bicyclic) bond motifs is 1. The number of hydrazine groups is 2. The van der Waals surface area contributed by atoms with Gasteiger partial charge in [0, 0.05) is 24.9 Å². The van der Waals surface area contributed by atoms with Crippen LogP contribution in [0.15, 0.2) is 24.7 Å². The summed E-state index contributed by atoms with van der Waals surface area (Å²) in [6, 6.07) is 4.06. The van der Waals surface area contributed by atoms with E-state index in [-0.39, 0.29) is 0 Å². The molecule has 2 aromatic heterocycles. The molecule has 1 saturated heterocycles. The molecule has 0 amide bonds. The van der Waals surface area contributed by atoms with Crippen molar-refractivity contribution in [3.8, 4) is 6.07 Å². The highest BCUT2D eigenvalue weighted by Gasteiger charge is 2.24. The first kappa shape index (κ1) is 15.3. The molecule has 0 bridgehead atoms. The van der Waals surface area contributed by atoms with E-state index in [4.69, 9.17) is 17.4 Å². The van der Waals surface area contributed by atoms with Gasteiger partial charge in [-0.25, -0.2) is 4.98 Å². The number of halogens is 1. The summed E-state index contributed by atoms with van der Waals surface area (Å²) in [4.78, 5) is 6.56. The van der Waals surface area contributed by atoms with E-state index in [9.17, 15) is 5.26 Å². The number of imidazole rings is 1. The summed E-state index contributed by atoms with van der Waals surface area (Å²) in [6.45, 7) is 3.30. The van der Waals surface area contributed by atoms with Crippen molar-refractivity contribution in [3.05, 3.63) is 40.9 Å². The van der Waals surface area contributed by atoms with E-state index in [1.165, 1.54) is 0 Å². The van der Waals surface area contributed by atoms with E-state index in [1.807, 2.05) is 27.8 Å². The first-order chi connectivity index (χ1) is 11.7. The van der Waals surface area contributed by atoms with Crippen LogP contribution in [-0.2, 0) is 6.54 Å². The number of aromatic nitrogens is 2. The smallest absolute Gasteiger partial charge is 0.167 e. The molecule has 2 aliphatic heterocycles. The van der Waals surface area contributed by atoms with Gasteiger partial charge in [-0.3, -0.25) is 15.3 Å². The predicted molar refractivity (Wildman–Crippen MR) is 91.9 cm³/mol. The molecule has 2 aliphatic rings. The van der Waals surface area contributed by atoms with E-state index in [2.05, 4.69) is 16.0 Å². The Balaban J connectivity index is 1.86. The summed E-state index contributed by atoms with van der Waals surface area (Å²) >= 11 is 6.48. The molecular weight excluding hydrogens is 326 g/mol. The average molecular weight is 344 g/mol. The zero-order valence-corrected chi connectivity index (χ0v) is 13.9. The number of pyridine rings is 1. The highest BCUT2D eigenvalue weighted by molar-refractivity contribution is 6.34. The van der Waals surface area contributed by atoms with Gasteiger partial charge in [0.2, 0.25) is 0 Å². The second-order valence-electron chi connectivity index (χ2n) is 6.06. The topological polar surface area (TPSA) is 76.8 Å². The van der Waals surface area contributed by atoms with Gasteiger partial charge in [0.05, 0.1) is 18.1 Å². The molecule has 8 heteroatoms. The Morgan fingerprint density at radius 2 is 2.12 bits per heavy atom. The Kier molecular flexibility index (Phi) is 3.81. The standard InChI is InChI=1S/C16H18ClN7/c17-13-8-12(10-22-6-3-7-24(22)19)16(21-4-1-2-5-21)23-11-20-14(9-18)15(13)23/h3,6,8,11H,1-2,4-5,7,10,19H2. The van der Waals surface area contributed by atoms with Crippen molar-refractivity contribution in [3.63, 3.8) is 0 Å². The Labute approximate surface area is 145 Å². The molecule has 0 radical (unpaired) electrons. The second kappa shape index (κ2) is 5.98. The lowest BCUT2D eigenvalue weighted by molar-refractivity contribution is 0.0440. The van der Waals surface area contributed by atoms with Gasteiger partial charge >= 0.3 is 0 Å². The molecule has 0 unspecified atom stereocenters. The molecule has 0 saturated carbocycles. The highest BCUT2D eigenvalue weighted by Crippen LogP contribution is 2.33. The van der Waals surface area contributed by atoms with Gasteiger partial charge in [0.25, 0.3) is 0 Å². The van der Waals surface area contributed by atoms with E-state index in [0.29, 0.717) is 29.3 Å². The first-order valence-corrected chi connectivity index (χ1v) is 8.36. The fourth-order valence-corrected chi connectivity index (χ4v) is 3.76. The first-order valence-electron chi connectivity index (χ1n) is 7.98. The van der Waals surface area contributed by atoms with Crippen molar-refractivity contribution >= 4 is 22.9 Å². The van der Waals surface area contributed by atoms with Crippen LogP contribution in [-0.4, -0.2) is 39.1 Å². The zero-order valence-electron chi connectivity index (χ0n) is 13.2. The van der Waals surface area contributed by atoms with Crippen molar-refractivity contribution in [1.29, 1.82) is 5.26 Å². The van der Waals surface area contributed by atoms with Crippen LogP contribution in [0.5, 0.6) is 0 Å². The summed E-state index contributed by atoms with van der Waals surface area (Å²) in [5, 5.41) is 13.5. The minimum Gasteiger partial charge on any atom is -0.357 e. The highest BCUT2D eigenvalue weighted by atomic mass is 35.5. The lowest BCUT2D eigenvalue weighted by atomic mass is 10.2. The van der Waals surface area contributed by atoms with Crippen molar-refractivity contribution in [2.24, 2.45) is 5.84 Å². The zero-order chi connectivity index (χ0) is 16.7. The maximum Gasteiger partial charge on any atom is 0.167 e. The number of nitriles is 1. The van der Waals surface area contributed by atoms with Gasteiger partial charge in [-0.1, -0.05) is 11.6 Å². The maximum atomic E-state index is 9.30. The quantitative estimate of drug-likeness (QED) is 0.857. The average Bonchev–Trinajstić information content (AvgIpc) is 3.29. The molecular formula is C16H18ClN7. The molecule has 24 heavy (non-hydrogen) atoms. The Hall–Kier alpha value is -2.27. The van der Waals surface area contributed by atoms with Gasteiger partial charge in [-0.15, -0.1) is 0 Å². The van der Waals surface area contributed by atoms with Crippen molar-refractivity contribution in [1.82, 2.24) is 19.5 Å². The Bertz CT molecular complexity index is 844. The van der Waals surface area contributed by atoms with E-state index < -0.39 is 0 Å². The van der Waals surface area contributed by atoms with Crippen LogP contribution in [0.4, 0.5) is 5.82 Å². The minimum absolute atomic E-state index is 0.355. The summed E-state index contributed by atoms with van der Waals surface area (Å²) in [6.07, 6.45) is 8.00. The maximum absolute atomic E-state index is 9.30. The number of rotatable bonds is 3. The number of nitrogens with two attached hydrogens (primary N) is 1. The minimum atomic E-state index is 0.355.